The lowest BCUT2D eigenvalue weighted by molar-refractivity contribution is -0.141. The molecule has 1 aliphatic rings. The molecule has 0 aliphatic carbocycles. The first-order valence-corrected chi connectivity index (χ1v) is 12.4. The molecule has 2 aromatic heterocycles. The van der Waals surface area contributed by atoms with Gasteiger partial charge in [0.2, 0.25) is 0 Å². The van der Waals surface area contributed by atoms with Crippen molar-refractivity contribution in [3.63, 3.8) is 0 Å². The molecule has 192 valence electrons. The number of amides is 1. The highest BCUT2D eigenvalue weighted by molar-refractivity contribution is 7.13. The van der Waals surface area contributed by atoms with Crippen LogP contribution in [0.15, 0.2) is 48.8 Å². The van der Waals surface area contributed by atoms with E-state index in [1.165, 1.54) is 0 Å². The average Bonchev–Trinajstić information content (AvgIpc) is 3.33. The van der Waals surface area contributed by atoms with Crippen molar-refractivity contribution in [2.24, 2.45) is 0 Å². The summed E-state index contributed by atoms with van der Waals surface area (Å²) in [5, 5.41) is 13.2. The van der Waals surface area contributed by atoms with E-state index in [9.17, 15) is 23.1 Å². The van der Waals surface area contributed by atoms with E-state index in [4.69, 9.17) is 0 Å². The van der Waals surface area contributed by atoms with Crippen molar-refractivity contribution in [2.45, 2.75) is 25.2 Å². The Labute approximate surface area is 211 Å². The van der Waals surface area contributed by atoms with Gasteiger partial charge in [-0.15, -0.1) is 11.3 Å². The summed E-state index contributed by atoms with van der Waals surface area (Å²) in [6.07, 6.45) is -2.66. The standard InChI is InChI=1S/C25H28F3N5O2S/c1-16(17-5-3-6-18(13-17)19-7-4-8-29-14-19)30-23(35)21-22(25(26,27)28)31-24(36-21)20(34)15-33-11-9-32(2)10-12-33/h3-8,13-14,16,20,34H,9-12,15H2,1-2H3,(H,30,35)/t16-,20?/m0/s1. The number of benzene rings is 1. The Kier molecular flexibility index (Phi) is 8.04. The van der Waals surface area contributed by atoms with Gasteiger partial charge in [0, 0.05) is 45.1 Å². The second-order valence-electron chi connectivity index (χ2n) is 8.91. The molecule has 1 aliphatic heterocycles. The van der Waals surface area contributed by atoms with Crippen LogP contribution in [0.4, 0.5) is 13.2 Å². The summed E-state index contributed by atoms with van der Waals surface area (Å²) < 4.78 is 41.2. The van der Waals surface area contributed by atoms with E-state index in [0.717, 1.165) is 29.8 Å². The third kappa shape index (κ3) is 6.28. The van der Waals surface area contributed by atoms with Crippen molar-refractivity contribution in [1.82, 2.24) is 25.1 Å². The van der Waals surface area contributed by atoms with Crippen LogP contribution in [0.2, 0.25) is 0 Å². The molecule has 0 spiro atoms. The van der Waals surface area contributed by atoms with E-state index in [0.29, 0.717) is 24.4 Å². The Morgan fingerprint density at radius 3 is 2.56 bits per heavy atom. The van der Waals surface area contributed by atoms with Crippen molar-refractivity contribution in [1.29, 1.82) is 0 Å². The lowest BCUT2D eigenvalue weighted by atomic mass is 10.0. The number of alkyl halides is 3. The predicted octanol–water partition coefficient (Wildman–Crippen LogP) is 4.00. The van der Waals surface area contributed by atoms with Crippen LogP contribution in [0.5, 0.6) is 0 Å². The van der Waals surface area contributed by atoms with Gasteiger partial charge in [0.25, 0.3) is 5.91 Å². The van der Waals surface area contributed by atoms with Gasteiger partial charge < -0.3 is 15.3 Å². The number of carbonyl (C=O) groups excluding carboxylic acids is 1. The number of likely N-dealkylation sites (N-methyl/N-ethyl adjacent to an activating group) is 1. The first-order valence-electron chi connectivity index (χ1n) is 11.6. The van der Waals surface area contributed by atoms with Gasteiger partial charge in [-0.25, -0.2) is 4.98 Å². The van der Waals surface area contributed by atoms with Crippen molar-refractivity contribution < 1.29 is 23.1 Å². The Balaban J connectivity index is 1.51. The molecule has 2 atom stereocenters. The highest BCUT2D eigenvalue weighted by Crippen LogP contribution is 2.36. The fraction of sp³-hybridized carbons (Fsp3) is 0.400. The molecule has 0 saturated carbocycles. The highest BCUT2D eigenvalue weighted by atomic mass is 32.1. The van der Waals surface area contributed by atoms with Crippen LogP contribution >= 0.6 is 11.3 Å². The summed E-state index contributed by atoms with van der Waals surface area (Å²) in [6, 6.07) is 10.5. The SMILES string of the molecule is C[C@H](NC(=O)c1sc(C(O)CN2CCN(C)CC2)nc1C(F)(F)F)c1cccc(-c2cccnc2)c1. The monoisotopic (exact) mass is 519 g/mol. The molecule has 1 aromatic carbocycles. The first-order chi connectivity index (χ1) is 17.1. The quantitative estimate of drug-likeness (QED) is 0.491. The maximum atomic E-state index is 13.7. The van der Waals surface area contributed by atoms with Crippen molar-refractivity contribution in [2.75, 3.05) is 39.8 Å². The van der Waals surface area contributed by atoms with Gasteiger partial charge in [-0.3, -0.25) is 14.7 Å². The molecular formula is C25H28F3N5O2S. The normalized spacial score (nSPS) is 17.1. The highest BCUT2D eigenvalue weighted by Gasteiger charge is 2.40. The molecule has 7 nitrogen and oxygen atoms in total. The molecule has 11 heteroatoms. The maximum absolute atomic E-state index is 13.7. The molecule has 3 heterocycles. The zero-order valence-electron chi connectivity index (χ0n) is 20.0. The van der Waals surface area contributed by atoms with Gasteiger partial charge in [-0.1, -0.05) is 24.3 Å². The van der Waals surface area contributed by atoms with Gasteiger partial charge in [-0.2, -0.15) is 13.2 Å². The minimum atomic E-state index is -4.82. The summed E-state index contributed by atoms with van der Waals surface area (Å²) >= 11 is 0.590. The second-order valence-corrected chi connectivity index (χ2v) is 9.94. The number of carbonyl (C=O) groups is 1. The van der Waals surface area contributed by atoms with Gasteiger partial charge in [0.15, 0.2) is 5.69 Å². The molecule has 2 N–H and O–H groups in total. The number of piperazine rings is 1. The lowest BCUT2D eigenvalue weighted by Crippen LogP contribution is -2.45. The molecule has 0 bridgehead atoms. The minimum absolute atomic E-state index is 0.113. The number of rotatable bonds is 7. The van der Waals surface area contributed by atoms with Crippen LogP contribution in [-0.2, 0) is 6.18 Å². The first kappa shape index (κ1) is 26.2. The van der Waals surface area contributed by atoms with Gasteiger partial charge >= 0.3 is 6.18 Å². The number of aromatic nitrogens is 2. The number of halogens is 3. The number of aliphatic hydroxyl groups excluding tert-OH is 1. The number of hydrogen-bond donors (Lipinski definition) is 2. The van der Waals surface area contributed by atoms with Crippen molar-refractivity contribution >= 4 is 17.2 Å². The molecule has 36 heavy (non-hydrogen) atoms. The molecule has 1 unspecified atom stereocenters. The van der Waals surface area contributed by atoms with Crippen LogP contribution in [0.25, 0.3) is 11.1 Å². The van der Waals surface area contributed by atoms with Crippen LogP contribution in [0, 0.1) is 0 Å². The molecule has 1 amide bonds. The number of aliphatic hydroxyl groups is 1. The van der Waals surface area contributed by atoms with Crippen LogP contribution in [0.1, 0.15) is 45.0 Å². The van der Waals surface area contributed by atoms with E-state index < -0.39 is 34.8 Å². The summed E-state index contributed by atoms with van der Waals surface area (Å²) in [6.45, 7) is 4.90. The fourth-order valence-electron chi connectivity index (χ4n) is 4.04. The molecule has 1 saturated heterocycles. The van der Waals surface area contributed by atoms with Crippen molar-refractivity contribution in [3.05, 3.63) is 69.9 Å². The number of pyridine rings is 1. The maximum Gasteiger partial charge on any atom is 0.435 e. The third-order valence-corrected chi connectivity index (χ3v) is 7.32. The average molecular weight is 520 g/mol. The topological polar surface area (TPSA) is 81.6 Å². The Morgan fingerprint density at radius 1 is 1.17 bits per heavy atom. The summed E-state index contributed by atoms with van der Waals surface area (Å²) in [7, 11) is 1.99. The number of thiazole rings is 1. The van der Waals surface area contributed by atoms with E-state index in [2.05, 4.69) is 20.2 Å². The fourth-order valence-corrected chi connectivity index (χ4v) is 5.01. The van der Waals surface area contributed by atoms with Crippen LogP contribution < -0.4 is 5.32 Å². The van der Waals surface area contributed by atoms with Gasteiger partial charge in [0.05, 0.1) is 6.04 Å². The Hall–Kier alpha value is -2.86. The van der Waals surface area contributed by atoms with E-state index in [-0.39, 0.29) is 11.6 Å². The van der Waals surface area contributed by atoms with Crippen LogP contribution in [0.3, 0.4) is 0 Å². The third-order valence-electron chi connectivity index (χ3n) is 6.16. The zero-order chi connectivity index (χ0) is 25.9. The van der Waals surface area contributed by atoms with Crippen molar-refractivity contribution in [3.8, 4) is 11.1 Å². The summed E-state index contributed by atoms with van der Waals surface area (Å²) in [4.78, 5) is 24.3. The Morgan fingerprint density at radius 2 is 1.89 bits per heavy atom. The summed E-state index contributed by atoms with van der Waals surface area (Å²) in [5.41, 5.74) is 1.23. The van der Waals surface area contributed by atoms with Crippen LogP contribution in [-0.4, -0.2) is 70.6 Å². The largest absolute Gasteiger partial charge is 0.435 e. The molecule has 4 rings (SSSR count). The molecule has 0 radical (unpaired) electrons. The van der Waals surface area contributed by atoms with Gasteiger partial charge in [0.1, 0.15) is 16.0 Å². The molecular weight excluding hydrogens is 491 g/mol. The second kappa shape index (κ2) is 11.0. The smallest absolute Gasteiger partial charge is 0.385 e. The number of nitrogens with one attached hydrogen (secondary N) is 1. The van der Waals surface area contributed by atoms with E-state index in [1.54, 1.807) is 25.4 Å². The minimum Gasteiger partial charge on any atom is -0.385 e. The lowest BCUT2D eigenvalue weighted by Gasteiger charge is -2.33. The van der Waals surface area contributed by atoms with E-state index in [1.807, 2.05) is 42.3 Å². The number of hydrogen-bond acceptors (Lipinski definition) is 7. The number of β-amino-alcohol motifs (C(OH)–C–C–N with tert-alkyl or cyclic N) is 1. The Bertz CT molecular complexity index is 1180. The molecule has 3 aromatic rings. The summed E-state index contributed by atoms with van der Waals surface area (Å²) in [5.74, 6) is -0.878. The van der Waals surface area contributed by atoms with Gasteiger partial charge in [-0.05, 0) is 42.8 Å². The number of nitrogens with zero attached hydrogens (tertiary/aromatic N) is 4. The van der Waals surface area contributed by atoms with E-state index >= 15 is 0 Å². The predicted molar refractivity (Wildman–Crippen MR) is 132 cm³/mol. The zero-order valence-corrected chi connectivity index (χ0v) is 20.8. The molecule has 1 fully saturated rings.